The minimum Gasteiger partial charge on any atom is -0.451 e. The van der Waals surface area contributed by atoms with Crippen LogP contribution in [0.25, 0.3) is 11.0 Å². The molecule has 0 bridgehead atoms. The van der Waals surface area contributed by atoms with Gasteiger partial charge in [-0.15, -0.1) is 0 Å². The highest BCUT2D eigenvalue weighted by Gasteiger charge is 2.25. The number of hydrogen-bond acceptors (Lipinski definition) is 4. The fourth-order valence-corrected chi connectivity index (χ4v) is 4.37. The molecule has 0 saturated carbocycles. The molecule has 5 nitrogen and oxygen atoms in total. The molecule has 5 heteroatoms. The highest BCUT2D eigenvalue weighted by molar-refractivity contribution is 5.93. The highest BCUT2D eigenvalue weighted by atomic mass is 16.3. The number of aryl methyl sites for hydroxylation is 1. The number of benzene rings is 2. The summed E-state index contributed by atoms with van der Waals surface area (Å²) in [4.78, 5) is 27.8. The number of carbonyl (C=O) groups is 1. The van der Waals surface area contributed by atoms with Crippen molar-refractivity contribution in [2.75, 3.05) is 19.6 Å². The van der Waals surface area contributed by atoms with E-state index in [-0.39, 0.29) is 28.6 Å². The molecule has 1 amide bonds. The molecule has 1 aliphatic heterocycles. The van der Waals surface area contributed by atoms with Crippen molar-refractivity contribution in [2.24, 2.45) is 0 Å². The van der Waals surface area contributed by atoms with Gasteiger partial charge in [0.1, 0.15) is 5.58 Å². The number of likely N-dealkylation sites (tertiary alicyclic amines) is 1. The number of nitrogens with one attached hydrogen (secondary N) is 1. The molecule has 168 valence electrons. The summed E-state index contributed by atoms with van der Waals surface area (Å²) in [5.41, 5.74) is 3.79. The Morgan fingerprint density at radius 2 is 1.75 bits per heavy atom. The molecule has 0 spiro atoms. The van der Waals surface area contributed by atoms with Crippen LogP contribution in [0.15, 0.2) is 57.7 Å². The van der Waals surface area contributed by atoms with Crippen LogP contribution in [0.4, 0.5) is 0 Å². The van der Waals surface area contributed by atoms with Crippen LogP contribution >= 0.6 is 0 Å². The quantitative estimate of drug-likeness (QED) is 0.619. The third-order valence-electron chi connectivity index (χ3n) is 6.31. The fourth-order valence-electron chi connectivity index (χ4n) is 4.37. The van der Waals surface area contributed by atoms with Crippen LogP contribution in [-0.2, 0) is 5.41 Å². The number of carbonyl (C=O) groups excluding carboxylic acids is 1. The van der Waals surface area contributed by atoms with Crippen molar-refractivity contribution in [3.05, 3.63) is 81.2 Å². The van der Waals surface area contributed by atoms with Crippen molar-refractivity contribution < 1.29 is 9.21 Å². The molecule has 1 atom stereocenters. The van der Waals surface area contributed by atoms with Crippen LogP contribution in [0, 0.1) is 6.92 Å². The monoisotopic (exact) mass is 432 g/mol. The summed E-state index contributed by atoms with van der Waals surface area (Å²) in [5.74, 6) is -0.310. The van der Waals surface area contributed by atoms with Crippen molar-refractivity contribution in [2.45, 2.75) is 52.0 Å². The van der Waals surface area contributed by atoms with E-state index in [1.807, 2.05) is 13.0 Å². The van der Waals surface area contributed by atoms with Gasteiger partial charge in [-0.1, -0.05) is 56.7 Å². The lowest BCUT2D eigenvalue weighted by molar-refractivity contribution is 0.0910. The van der Waals surface area contributed by atoms with Crippen LogP contribution in [-0.4, -0.2) is 30.4 Å². The van der Waals surface area contributed by atoms with Gasteiger partial charge in [0.05, 0.1) is 11.4 Å². The lowest BCUT2D eigenvalue weighted by Gasteiger charge is -2.29. The molecular formula is C27H32N2O3. The second-order valence-electron chi connectivity index (χ2n) is 9.82. The Balaban J connectivity index is 1.54. The van der Waals surface area contributed by atoms with Gasteiger partial charge in [-0.2, -0.15) is 0 Å². The van der Waals surface area contributed by atoms with E-state index < -0.39 is 0 Å². The SMILES string of the molecule is Cc1ccc2oc(C(=O)NC[C@@H](c3ccc(C(C)(C)C)cc3)N3CCCC3)cc(=O)c2c1. The van der Waals surface area contributed by atoms with E-state index in [0.717, 1.165) is 18.7 Å². The maximum Gasteiger partial charge on any atom is 0.287 e. The van der Waals surface area contributed by atoms with E-state index in [0.29, 0.717) is 17.5 Å². The van der Waals surface area contributed by atoms with Gasteiger partial charge in [0.25, 0.3) is 5.91 Å². The highest BCUT2D eigenvalue weighted by Crippen LogP contribution is 2.28. The van der Waals surface area contributed by atoms with Gasteiger partial charge >= 0.3 is 0 Å². The average molecular weight is 433 g/mol. The van der Waals surface area contributed by atoms with E-state index in [1.54, 1.807) is 12.1 Å². The van der Waals surface area contributed by atoms with E-state index in [2.05, 4.69) is 55.3 Å². The largest absolute Gasteiger partial charge is 0.451 e. The summed E-state index contributed by atoms with van der Waals surface area (Å²) >= 11 is 0. The first-order valence-corrected chi connectivity index (χ1v) is 11.4. The molecule has 0 unspecified atom stereocenters. The van der Waals surface area contributed by atoms with Gasteiger partial charge in [-0.05, 0) is 61.5 Å². The zero-order valence-corrected chi connectivity index (χ0v) is 19.4. The molecule has 4 rings (SSSR count). The second-order valence-corrected chi connectivity index (χ2v) is 9.82. The summed E-state index contributed by atoms with van der Waals surface area (Å²) in [6.45, 7) is 11.0. The van der Waals surface area contributed by atoms with Gasteiger partial charge < -0.3 is 9.73 Å². The zero-order valence-electron chi connectivity index (χ0n) is 19.4. The van der Waals surface area contributed by atoms with Gasteiger partial charge in [-0.3, -0.25) is 14.5 Å². The molecule has 2 heterocycles. The second kappa shape index (κ2) is 8.91. The first-order chi connectivity index (χ1) is 15.2. The molecule has 1 aromatic heterocycles. The minimum atomic E-state index is -0.361. The smallest absolute Gasteiger partial charge is 0.287 e. The van der Waals surface area contributed by atoms with E-state index in [9.17, 15) is 9.59 Å². The van der Waals surface area contributed by atoms with Crippen molar-refractivity contribution in [3.63, 3.8) is 0 Å². The average Bonchev–Trinajstić information content (AvgIpc) is 3.28. The van der Waals surface area contributed by atoms with Crippen molar-refractivity contribution in [3.8, 4) is 0 Å². The van der Waals surface area contributed by atoms with Gasteiger partial charge in [0.2, 0.25) is 0 Å². The Morgan fingerprint density at radius 1 is 1.06 bits per heavy atom. The van der Waals surface area contributed by atoms with E-state index in [4.69, 9.17) is 4.42 Å². The van der Waals surface area contributed by atoms with Crippen molar-refractivity contribution in [1.82, 2.24) is 10.2 Å². The Morgan fingerprint density at radius 3 is 2.41 bits per heavy atom. The number of nitrogens with zero attached hydrogens (tertiary/aromatic N) is 1. The normalized spacial score (nSPS) is 15.8. The maximum atomic E-state index is 12.9. The predicted molar refractivity (Wildman–Crippen MR) is 128 cm³/mol. The molecule has 1 saturated heterocycles. The van der Waals surface area contributed by atoms with Gasteiger partial charge in [0.15, 0.2) is 11.2 Å². The summed E-state index contributed by atoms with van der Waals surface area (Å²) in [6, 6.07) is 15.5. The molecule has 3 aromatic rings. The van der Waals surface area contributed by atoms with Crippen LogP contribution < -0.4 is 10.7 Å². The van der Waals surface area contributed by atoms with E-state index >= 15 is 0 Å². The topological polar surface area (TPSA) is 62.6 Å². The van der Waals surface area contributed by atoms with Crippen LogP contribution in [0.5, 0.6) is 0 Å². The Kier molecular flexibility index (Phi) is 6.20. The van der Waals surface area contributed by atoms with Crippen molar-refractivity contribution in [1.29, 1.82) is 0 Å². The molecular weight excluding hydrogens is 400 g/mol. The summed E-state index contributed by atoms with van der Waals surface area (Å²) in [5, 5.41) is 3.51. The fraction of sp³-hybridized carbons (Fsp3) is 0.407. The predicted octanol–water partition coefficient (Wildman–Crippen LogP) is 4.97. The standard InChI is InChI=1S/C27H32N2O3/c1-18-7-12-24-21(15-18)23(30)16-25(32-24)26(31)28-17-22(29-13-5-6-14-29)19-8-10-20(11-9-19)27(2,3)4/h7-12,15-16,22H,5-6,13-14,17H2,1-4H3,(H,28,31)/t22-/m0/s1. The maximum absolute atomic E-state index is 12.9. The minimum absolute atomic E-state index is 0.0506. The Hall–Kier alpha value is -2.92. The first kappa shape index (κ1) is 22.3. The molecule has 1 fully saturated rings. The summed E-state index contributed by atoms with van der Waals surface area (Å²) in [7, 11) is 0. The summed E-state index contributed by atoms with van der Waals surface area (Å²) < 4.78 is 5.75. The van der Waals surface area contributed by atoms with E-state index in [1.165, 1.54) is 30.0 Å². The zero-order chi connectivity index (χ0) is 22.9. The first-order valence-electron chi connectivity index (χ1n) is 11.4. The number of amides is 1. The molecule has 0 aliphatic carbocycles. The van der Waals surface area contributed by atoms with Crippen LogP contribution in [0.3, 0.4) is 0 Å². The Labute approximate surface area is 189 Å². The number of hydrogen-bond donors (Lipinski definition) is 1. The van der Waals surface area contributed by atoms with Crippen LogP contribution in [0.1, 0.15) is 66.9 Å². The molecule has 1 N–H and O–H groups in total. The lowest BCUT2D eigenvalue weighted by atomic mass is 9.86. The van der Waals surface area contributed by atoms with Crippen LogP contribution in [0.2, 0.25) is 0 Å². The Bertz CT molecular complexity index is 1170. The molecule has 0 radical (unpaired) electrons. The van der Waals surface area contributed by atoms with Gasteiger partial charge in [0, 0.05) is 12.6 Å². The lowest BCUT2D eigenvalue weighted by Crippen LogP contribution is -2.37. The number of rotatable bonds is 5. The third-order valence-corrected chi connectivity index (χ3v) is 6.31. The summed E-state index contributed by atoms with van der Waals surface area (Å²) in [6.07, 6.45) is 2.34. The third kappa shape index (κ3) is 4.78. The van der Waals surface area contributed by atoms with Gasteiger partial charge in [-0.25, -0.2) is 0 Å². The molecule has 32 heavy (non-hydrogen) atoms. The molecule has 1 aliphatic rings. The number of fused-ring (bicyclic) bond motifs is 1. The molecule has 2 aromatic carbocycles. The van der Waals surface area contributed by atoms with Crippen molar-refractivity contribution >= 4 is 16.9 Å².